The van der Waals surface area contributed by atoms with Crippen LogP contribution in [0.5, 0.6) is 5.75 Å². The average Bonchev–Trinajstić information content (AvgIpc) is 2.91. The number of nitrogens with zero attached hydrogens (tertiary/aromatic N) is 2. The lowest BCUT2D eigenvalue weighted by Gasteiger charge is -2.21. The van der Waals surface area contributed by atoms with Crippen LogP contribution in [0.1, 0.15) is 26.3 Å². The Kier molecular flexibility index (Phi) is 4.25. The van der Waals surface area contributed by atoms with Crippen molar-refractivity contribution in [2.75, 3.05) is 7.11 Å². The molecule has 3 rings (SSSR count). The van der Waals surface area contributed by atoms with Crippen LogP contribution >= 0.6 is 0 Å². The van der Waals surface area contributed by atoms with Gasteiger partial charge in [-0.1, -0.05) is 6.07 Å². The molecule has 2 heterocycles. The van der Waals surface area contributed by atoms with E-state index in [4.69, 9.17) is 9.47 Å². The molecular formula is C20H22N2O3. The molecule has 3 aromatic rings. The van der Waals surface area contributed by atoms with Gasteiger partial charge in [-0.25, -0.2) is 9.36 Å². The maximum Gasteiger partial charge on any atom is 0.419 e. The van der Waals surface area contributed by atoms with Crippen molar-refractivity contribution in [3.05, 3.63) is 48.2 Å². The van der Waals surface area contributed by atoms with Crippen LogP contribution in [0.2, 0.25) is 0 Å². The first-order valence-electron chi connectivity index (χ1n) is 8.15. The van der Waals surface area contributed by atoms with Gasteiger partial charge >= 0.3 is 6.09 Å². The topological polar surface area (TPSA) is 53.4 Å². The molecule has 0 atom stereocenters. The number of rotatable bonds is 2. The van der Waals surface area contributed by atoms with E-state index in [0.717, 1.165) is 27.9 Å². The second kappa shape index (κ2) is 6.24. The van der Waals surface area contributed by atoms with Crippen molar-refractivity contribution >= 4 is 17.0 Å². The molecule has 0 saturated heterocycles. The number of methoxy groups -OCH3 is 1. The fourth-order valence-electron chi connectivity index (χ4n) is 2.75. The molecule has 0 radical (unpaired) electrons. The number of aromatic nitrogens is 2. The van der Waals surface area contributed by atoms with Crippen LogP contribution in [0.15, 0.2) is 42.6 Å². The van der Waals surface area contributed by atoms with Crippen LogP contribution in [-0.2, 0) is 4.74 Å². The van der Waals surface area contributed by atoms with E-state index in [1.54, 1.807) is 17.9 Å². The number of benzene rings is 1. The van der Waals surface area contributed by atoms with Gasteiger partial charge in [0.15, 0.2) is 0 Å². The predicted octanol–water partition coefficient (Wildman–Crippen LogP) is 4.80. The summed E-state index contributed by atoms with van der Waals surface area (Å²) in [5.74, 6) is 0.734. The minimum absolute atomic E-state index is 0.423. The quantitative estimate of drug-likeness (QED) is 0.673. The molecule has 0 saturated carbocycles. The molecule has 0 aliphatic rings. The third kappa shape index (κ3) is 3.36. The molecule has 0 aliphatic carbocycles. The van der Waals surface area contributed by atoms with Gasteiger partial charge in [-0.3, -0.25) is 4.98 Å². The average molecular weight is 338 g/mol. The minimum atomic E-state index is -0.587. The molecule has 0 fully saturated rings. The summed E-state index contributed by atoms with van der Waals surface area (Å²) in [6, 6.07) is 11.4. The molecule has 130 valence electrons. The molecule has 5 heteroatoms. The van der Waals surface area contributed by atoms with E-state index in [1.165, 1.54) is 0 Å². The summed E-state index contributed by atoms with van der Waals surface area (Å²) in [7, 11) is 1.62. The Labute approximate surface area is 147 Å². The highest BCUT2D eigenvalue weighted by Crippen LogP contribution is 2.31. The molecule has 0 N–H and O–H groups in total. The molecule has 0 spiro atoms. The van der Waals surface area contributed by atoms with Crippen LogP contribution in [0.4, 0.5) is 4.79 Å². The number of pyridine rings is 1. The van der Waals surface area contributed by atoms with E-state index >= 15 is 0 Å². The Morgan fingerprint density at radius 1 is 1.16 bits per heavy atom. The number of hydrogen-bond donors (Lipinski definition) is 0. The summed E-state index contributed by atoms with van der Waals surface area (Å²) in [6.07, 6.45) is 1.30. The maximum absolute atomic E-state index is 12.9. The van der Waals surface area contributed by atoms with Crippen LogP contribution in [0, 0.1) is 6.92 Å². The van der Waals surface area contributed by atoms with Crippen molar-refractivity contribution in [1.82, 2.24) is 9.55 Å². The molecule has 0 bridgehead atoms. The SMILES string of the molecule is COc1ccc2c(c1)cc(-c1ncccc1C)n2C(=O)OC(C)(C)C. The van der Waals surface area contributed by atoms with Crippen molar-refractivity contribution < 1.29 is 14.3 Å². The Morgan fingerprint density at radius 3 is 2.56 bits per heavy atom. The van der Waals surface area contributed by atoms with Crippen molar-refractivity contribution in [2.24, 2.45) is 0 Å². The monoisotopic (exact) mass is 338 g/mol. The van der Waals surface area contributed by atoms with E-state index < -0.39 is 11.7 Å². The van der Waals surface area contributed by atoms with Crippen LogP contribution in [0.3, 0.4) is 0 Å². The number of fused-ring (bicyclic) bond motifs is 1. The Balaban J connectivity index is 2.26. The fraction of sp³-hybridized carbons (Fsp3) is 0.300. The summed E-state index contributed by atoms with van der Waals surface area (Å²) in [5.41, 5.74) is 2.62. The van der Waals surface area contributed by atoms with Gasteiger partial charge in [0.25, 0.3) is 0 Å². The van der Waals surface area contributed by atoms with Crippen molar-refractivity contribution in [3.8, 4) is 17.1 Å². The normalized spacial score (nSPS) is 11.6. The molecule has 1 aromatic carbocycles. The van der Waals surface area contributed by atoms with Gasteiger partial charge in [0, 0.05) is 11.6 Å². The van der Waals surface area contributed by atoms with Gasteiger partial charge in [0.1, 0.15) is 11.4 Å². The highest BCUT2D eigenvalue weighted by molar-refractivity contribution is 5.96. The smallest absolute Gasteiger partial charge is 0.419 e. The highest BCUT2D eigenvalue weighted by atomic mass is 16.6. The summed E-state index contributed by atoms with van der Waals surface area (Å²) >= 11 is 0. The number of carbonyl (C=O) groups is 1. The van der Waals surface area contributed by atoms with Gasteiger partial charge in [-0.05, 0) is 63.6 Å². The standard InChI is InChI=1S/C20H22N2O3/c1-13-7-6-10-21-18(13)17-12-14-11-15(24-5)8-9-16(14)22(17)19(23)25-20(2,3)4/h6-12H,1-5H3. The zero-order chi connectivity index (χ0) is 18.2. The first-order valence-corrected chi connectivity index (χ1v) is 8.15. The summed E-state index contributed by atoms with van der Waals surface area (Å²) in [6.45, 7) is 7.53. The predicted molar refractivity (Wildman–Crippen MR) is 98.1 cm³/mol. The number of ether oxygens (including phenoxy) is 2. The van der Waals surface area contributed by atoms with Gasteiger partial charge in [0.2, 0.25) is 0 Å². The largest absolute Gasteiger partial charge is 0.497 e. The Hall–Kier alpha value is -2.82. The maximum atomic E-state index is 12.9. The van der Waals surface area contributed by atoms with Gasteiger partial charge in [-0.15, -0.1) is 0 Å². The lowest BCUT2D eigenvalue weighted by atomic mass is 10.1. The third-order valence-corrected chi connectivity index (χ3v) is 3.84. The zero-order valence-corrected chi connectivity index (χ0v) is 15.2. The Bertz CT molecular complexity index is 936. The van der Waals surface area contributed by atoms with E-state index in [9.17, 15) is 4.79 Å². The molecule has 2 aromatic heterocycles. The van der Waals surface area contributed by atoms with Gasteiger partial charge in [-0.2, -0.15) is 0 Å². The number of carbonyl (C=O) groups excluding carboxylic acids is 1. The summed E-state index contributed by atoms with van der Waals surface area (Å²) in [4.78, 5) is 17.3. The van der Waals surface area contributed by atoms with Crippen LogP contribution in [0.25, 0.3) is 22.3 Å². The summed E-state index contributed by atoms with van der Waals surface area (Å²) < 4.78 is 12.5. The molecular weight excluding hydrogens is 316 g/mol. The van der Waals surface area contributed by atoms with Gasteiger partial charge in [0.05, 0.1) is 24.0 Å². The fourth-order valence-corrected chi connectivity index (χ4v) is 2.75. The molecule has 0 aliphatic heterocycles. The first kappa shape index (κ1) is 17.0. The first-order chi connectivity index (χ1) is 11.8. The molecule has 25 heavy (non-hydrogen) atoms. The van der Waals surface area contributed by atoms with Crippen LogP contribution < -0.4 is 4.74 Å². The van der Waals surface area contributed by atoms with Crippen molar-refractivity contribution in [3.63, 3.8) is 0 Å². The summed E-state index contributed by atoms with van der Waals surface area (Å²) in [5, 5.41) is 0.894. The minimum Gasteiger partial charge on any atom is -0.497 e. The second-order valence-electron chi connectivity index (χ2n) is 6.94. The lowest BCUT2D eigenvalue weighted by Crippen LogP contribution is -2.27. The zero-order valence-electron chi connectivity index (χ0n) is 15.2. The van der Waals surface area contributed by atoms with E-state index in [1.807, 2.05) is 64.1 Å². The van der Waals surface area contributed by atoms with Crippen molar-refractivity contribution in [2.45, 2.75) is 33.3 Å². The molecule has 0 unspecified atom stereocenters. The number of aryl methyl sites for hydroxylation is 1. The second-order valence-corrected chi connectivity index (χ2v) is 6.94. The lowest BCUT2D eigenvalue weighted by molar-refractivity contribution is 0.0547. The van der Waals surface area contributed by atoms with Gasteiger partial charge < -0.3 is 9.47 Å². The van der Waals surface area contributed by atoms with E-state index in [2.05, 4.69) is 4.98 Å². The van der Waals surface area contributed by atoms with Crippen LogP contribution in [-0.4, -0.2) is 28.4 Å². The number of hydrogen-bond acceptors (Lipinski definition) is 4. The Morgan fingerprint density at radius 2 is 1.92 bits per heavy atom. The molecule has 0 amide bonds. The highest BCUT2D eigenvalue weighted by Gasteiger charge is 2.24. The van der Waals surface area contributed by atoms with E-state index in [-0.39, 0.29) is 0 Å². The van der Waals surface area contributed by atoms with Crippen molar-refractivity contribution in [1.29, 1.82) is 0 Å². The van der Waals surface area contributed by atoms with E-state index in [0.29, 0.717) is 5.69 Å². The molecule has 5 nitrogen and oxygen atoms in total. The third-order valence-electron chi connectivity index (χ3n) is 3.84.